The van der Waals surface area contributed by atoms with Crippen LogP contribution in [0.2, 0.25) is 0 Å². The lowest BCUT2D eigenvalue weighted by atomic mass is 9.98. The molecule has 44 heavy (non-hydrogen) atoms. The highest BCUT2D eigenvalue weighted by atomic mass is 32.1. The van der Waals surface area contributed by atoms with Crippen molar-refractivity contribution in [3.63, 3.8) is 0 Å². The summed E-state index contributed by atoms with van der Waals surface area (Å²) in [6.07, 6.45) is 0. The maximum Gasteiger partial charge on any atom is 0.227 e. The topological polar surface area (TPSA) is 64.7 Å². The molecule has 3 aromatic heterocycles. The number of oxazole rings is 1. The largest absolute Gasteiger partial charge is 0.435 e. The minimum absolute atomic E-state index is 0.628. The molecule has 0 spiro atoms. The van der Waals surface area contributed by atoms with Gasteiger partial charge in [-0.15, -0.1) is 11.3 Å². The number of hydrogen-bond donors (Lipinski definition) is 0. The van der Waals surface area contributed by atoms with Crippen LogP contribution >= 0.6 is 11.3 Å². The van der Waals surface area contributed by atoms with Gasteiger partial charge in [0.05, 0.1) is 4.70 Å². The number of hydrogen-bond acceptors (Lipinski definition) is 6. The number of aromatic nitrogens is 4. The number of fused-ring (bicyclic) bond motifs is 7. The van der Waals surface area contributed by atoms with E-state index >= 15 is 0 Å². The van der Waals surface area contributed by atoms with Gasteiger partial charge in [0.25, 0.3) is 0 Å². The van der Waals surface area contributed by atoms with Crippen LogP contribution < -0.4 is 0 Å². The molecule has 5 nitrogen and oxygen atoms in total. The van der Waals surface area contributed by atoms with Crippen LogP contribution in [0.5, 0.6) is 0 Å². The molecule has 0 amide bonds. The van der Waals surface area contributed by atoms with Crippen LogP contribution in [0.25, 0.3) is 87.7 Å². The molecule has 6 heteroatoms. The van der Waals surface area contributed by atoms with E-state index in [2.05, 4.69) is 42.5 Å². The fourth-order valence-corrected chi connectivity index (χ4v) is 7.14. The second-order valence-electron chi connectivity index (χ2n) is 10.7. The maximum atomic E-state index is 6.42. The highest BCUT2D eigenvalue weighted by molar-refractivity contribution is 7.26. The number of benzene rings is 6. The standard InChI is InChI=1S/C38H22N4OS/c1-4-12-23(13-5-1)35-40-36(24-14-6-2-7-15-24)42-37(41-35)29-22-31-32(27-19-11-10-18-26(27)29)28-20-21-30-33(34(28)44-31)43-38(39-30)25-16-8-3-9-17-25/h1-22H. The van der Waals surface area contributed by atoms with Crippen LogP contribution in [0.1, 0.15) is 0 Å². The molecule has 0 fully saturated rings. The molecule has 0 bridgehead atoms. The van der Waals surface area contributed by atoms with Crippen molar-refractivity contribution >= 4 is 53.4 Å². The van der Waals surface area contributed by atoms with E-state index in [1.807, 2.05) is 91.0 Å². The first-order valence-corrected chi connectivity index (χ1v) is 15.2. The fourth-order valence-electron chi connectivity index (χ4n) is 5.90. The molecule has 0 saturated carbocycles. The molecule has 0 aliphatic rings. The third kappa shape index (κ3) is 4.00. The normalized spacial score (nSPS) is 11.6. The monoisotopic (exact) mass is 582 g/mol. The Kier molecular flexibility index (Phi) is 5.61. The summed E-state index contributed by atoms with van der Waals surface area (Å²) in [6.45, 7) is 0. The number of rotatable bonds is 4. The van der Waals surface area contributed by atoms with E-state index in [4.69, 9.17) is 24.4 Å². The Hall–Kier alpha value is -5.72. The third-order valence-electron chi connectivity index (χ3n) is 7.96. The summed E-state index contributed by atoms with van der Waals surface area (Å²) in [5.74, 6) is 2.56. The minimum atomic E-state index is 0.628. The molecular formula is C38H22N4OS. The Morgan fingerprint density at radius 1 is 0.477 bits per heavy atom. The SMILES string of the molecule is c1ccc(-c2nc(-c3ccccc3)nc(-c3cc4sc5c(ccc6nc(-c7ccccc7)oc65)c4c4ccccc34)n2)cc1. The second-order valence-corrected chi connectivity index (χ2v) is 11.7. The predicted octanol–water partition coefficient (Wildman–Crippen LogP) is 10.2. The van der Waals surface area contributed by atoms with E-state index in [9.17, 15) is 0 Å². The summed E-state index contributed by atoms with van der Waals surface area (Å²) in [6, 6.07) is 45.2. The molecule has 0 radical (unpaired) electrons. The molecule has 0 aliphatic carbocycles. The zero-order valence-corrected chi connectivity index (χ0v) is 24.1. The van der Waals surface area contributed by atoms with Crippen molar-refractivity contribution in [2.75, 3.05) is 0 Å². The first kappa shape index (κ1) is 24.8. The second kappa shape index (κ2) is 9.93. The third-order valence-corrected chi connectivity index (χ3v) is 9.11. The van der Waals surface area contributed by atoms with Gasteiger partial charge in [-0.1, -0.05) is 109 Å². The molecule has 6 aromatic carbocycles. The van der Waals surface area contributed by atoms with Crippen LogP contribution in [0, 0.1) is 0 Å². The van der Waals surface area contributed by atoms with Gasteiger partial charge in [0.1, 0.15) is 5.52 Å². The van der Waals surface area contributed by atoms with Crippen LogP contribution in [0.15, 0.2) is 138 Å². The van der Waals surface area contributed by atoms with Gasteiger partial charge < -0.3 is 4.42 Å². The Labute approximate surface area is 256 Å². The molecule has 9 rings (SSSR count). The number of thiophene rings is 1. The first-order chi connectivity index (χ1) is 21.8. The summed E-state index contributed by atoms with van der Waals surface area (Å²) >= 11 is 1.72. The average Bonchev–Trinajstić information content (AvgIpc) is 3.71. The van der Waals surface area contributed by atoms with E-state index in [1.165, 1.54) is 5.39 Å². The van der Waals surface area contributed by atoms with Gasteiger partial charge >= 0.3 is 0 Å². The van der Waals surface area contributed by atoms with Crippen LogP contribution in [0.3, 0.4) is 0 Å². The van der Waals surface area contributed by atoms with Gasteiger partial charge in [-0.2, -0.15) is 0 Å². The Morgan fingerprint density at radius 3 is 1.70 bits per heavy atom. The van der Waals surface area contributed by atoms with Crippen LogP contribution in [0.4, 0.5) is 0 Å². The number of nitrogens with zero attached hydrogens (tertiary/aromatic N) is 4. The lowest BCUT2D eigenvalue weighted by molar-refractivity contribution is 0.623. The van der Waals surface area contributed by atoms with Crippen molar-refractivity contribution in [1.29, 1.82) is 0 Å². The van der Waals surface area contributed by atoms with Crippen molar-refractivity contribution in [3.05, 3.63) is 133 Å². The summed E-state index contributed by atoms with van der Waals surface area (Å²) < 4.78 is 8.64. The molecule has 0 aliphatic heterocycles. The molecule has 206 valence electrons. The van der Waals surface area contributed by atoms with Gasteiger partial charge in [-0.25, -0.2) is 19.9 Å². The molecule has 0 atom stereocenters. The zero-order chi connectivity index (χ0) is 29.0. The fraction of sp³-hybridized carbons (Fsp3) is 0. The minimum Gasteiger partial charge on any atom is -0.435 e. The van der Waals surface area contributed by atoms with E-state index in [0.717, 1.165) is 58.9 Å². The Balaban J connectivity index is 1.32. The van der Waals surface area contributed by atoms with Crippen LogP contribution in [-0.2, 0) is 0 Å². The first-order valence-electron chi connectivity index (χ1n) is 14.4. The van der Waals surface area contributed by atoms with E-state index in [1.54, 1.807) is 11.3 Å². The van der Waals surface area contributed by atoms with Crippen molar-refractivity contribution < 1.29 is 4.42 Å². The highest BCUT2D eigenvalue weighted by Gasteiger charge is 2.20. The lowest BCUT2D eigenvalue weighted by Gasteiger charge is -2.11. The Morgan fingerprint density at radius 2 is 1.05 bits per heavy atom. The van der Waals surface area contributed by atoms with Crippen molar-refractivity contribution in [1.82, 2.24) is 19.9 Å². The van der Waals surface area contributed by atoms with Gasteiger partial charge in [0.2, 0.25) is 5.89 Å². The lowest BCUT2D eigenvalue weighted by Crippen LogP contribution is -2.00. The van der Waals surface area contributed by atoms with E-state index in [-0.39, 0.29) is 0 Å². The Bertz CT molecular complexity index is 2430. The summed E-state index contributed by atoms with van der Waals surface area (Å²) in [5, 5.41) is 4.59. The summed E-state index contributed by atoms with van der Waals surface area (Å²) in [5.41, 5.74) is 5.49. The molecule has 9 aromatic rings. The van der Waals surface area contributed by atoms with Gasteiger partial charge in [0, 0.05) is 37.7 Å². The average molecular weight is 583 g/mol. The van der Waals surface area contributed by atoms with Gasteiger partial charge in [-0.3, -0.25) is 0 Å². The molecule has 0 saturated heterocycles. The molecule has 0 unspecified atom stereocenters. The summed E-state index contributed by atoms with van der Waals surface area (Å²) in [4.78, 5) is 19.8. The molecule has 0 N–H and O–H groups in total. The van der Waals surface area contributed by atoms with Gasteiger partial charge in [0.15, 0.2) is 23.1 Å². The van der Waals surface area contributed by atoms with E-state index < -0.39 is 0 Å². The van der Waals surface area contributed by atoms with Crippen molar-refractivity contribution in [2.24, 2.45) is 0 Å². The zero-order valence-electron chi connectivity index (χ0n) is 23.3. The van der Waals surface area contributed by atoms with E-state index in [0.29, 0.717) is 23.4 Å². The molecular weight excluding hydrogens is 561 g/mol. The highest BCUT2D eigenvalue weighted by Crippen LogP contribution is 2.45. The van der Waals surface area contributed by atoms with Gasteiger partial charge in [-0.05, 0) is 35.0 Å². The van der Waals surface area contributed by atoms with Crippen molar-refractivity contribution in [2.45, 2.75) is 0 Å². The quantitative estimate of drug-likeness (QED) is 0.207. The smallest absolute Gasteiger partial charge is 0.227 e. The van der Waals surface area contributed by atoms with Crippen LogP contribution in [-0.4, -0.2) is 19.9 Å². The predicted molar refractivity (Wildman–Crippen MR) is 180 cm³/mol. The maximum absolute atomic E-state index is 6.42. The summed E-state index contributed by atoms with van der Waals surface area (Å²) in [7, 11) is 0. The molecule has 3 heterocycles. The van der Waals surface area contributed by atoms with Crippen molar-refractivity contribution in [3.8, 4) is 45.6 Å².